The first-order chi connectivity index (χ1) is 4.38. The van der Waals surface area contributed by atoms with Gasteiger partial charge in [-0.05, 0) is 25.7 Å². The molecule has 2 aliphatic rings. The lowest BCUT2D eigenvalue weighted by Gasteiger charge is -2.47. The van der Waals surface area contributed by atoms with Crippen molar-refractivity contribution in [2.45, 2.75) is 31.7 Å². The van der Waals surface area contributed by atoms with E-state index in [1.807, 2.05) is 0 Å². The van der Waals surface area contributed by atoms with E-state index in [0.29, 0.717) is 0 Å². The molecule has 0 aromatic carbocycles. The standard InChI is InChI=1S/C8H13N/c1-7-3-2-4-8-5-6-9(7)8/h8H,1-6H2. The molecule has 0 saturated carbocycles. The van der Waals surface area contributed by atoms with Gasteiger partial charge in [-0.3, -0.25) is 0 Å². The number of hydrogen-bond donors (Lipinski definition) is 0. The summed E-state index contributed by atoms with van der Waals surface area (Å²) in [4.78, 5) is 2.46. The zero-order valence-corrected chi connectivity index (χ0v) is 5.77. The monoisotopic (exact) mass is 123 g/mol. The molecular weight excluding hydrogens is 110 g/mol. The molecule has 0 aliphatic carbocycles. The van der Waals surface area contributed by atoms with Gasteiger partial charge in [0, 0.05) is 18.3 Å². The van der Waals surface area contributed by atoms with Gasteiger partial charge in [-0.25, -0.2) is 0 Å². The summed E-state index contributed by atoms with van der Waals surface area (Å²) in [6.07, 6.45) is 5.45. The zero-order chi connectivity index (χ0) is 6.27. The fraction of sp³-hybridized carbons (Fsp3) is 0.750. The largest absolute Gasteiger partial charge is 0.372 e. The molecule has 2 saturated heterocycles. The lowest BCUT2D eigenvalue weighted by molar-refractivity contribution is 0.0981. The SMILES string of the molecule is C=C1CCCC2CCN12. The summed E-state index contributed by atoms with van der Waals surface area (Å²) in [5.41, 5.74) is 1.39. The fourth-order valence-corrected chi connectivity index (χ4v) is 1.84. The van der Waals surface area contributed by atoms with Gasteiger partial charge in [0.2, 0.25) is 0 Å². The minimum absolute atomic E-state index is 0.895. The van der Waals surface area contributed by atoms with Crippen molar-refractivity contribution in [2.24, 2.45) is 0 Å². The second-order valence-corrected chi connectivity index (χ2v) is 3.09. The molecule has 0 bridgehead atoms. The summed E-state index contributed by atoms with van der Waals surface area (Å²) < 4.78 is 0. The van der Waals surface area contributed by atoms with Gasteiger partial charge in [0.25, 0.3) is 0 Å². The van der Waals surface area contributed by atoms with Crippen LogP contribution in [-0.4, -0.2) is 17.5 Å². The molecule has 2 fully saturated rings. The van der Waals surface area contributed by atoms with E-state index >= 15 is 0 Å². The van der Waals surface area contributed by atoms with Crippen LogP contribution in [-0.2, 0) is 0 Å². The van der Waals surface area contributed by atoms with Crippen LogP contribution in [0.4, 0.5) is 0 Å². The zero-order valence-electron chi connectivity index (χ0n) is 5.77. The van der Waals surface area contributed by atoms with Crippen molar-refractivity contribution in [2.75, 3.05) is 6.54 Å². The number of allylic oxidation sites excluding steroid dienone is 1. The lowest BCUT2D eigenvalue weighted by Crippen LogP contribution is -2.48. The van der Waals surface area contributed by atoms with Gasteiger partial charge in [0.05, 0.1) is 0 Å². The van der Waals surface area contributed by atoms with Crippen LogP contribution in [0.25, 0.3) is 0 Å². The molecule has 50 valence electrons. The highest BCUT2D eigenvalue weighted by molar-refractivity contribution is 5.05. The molecule has 2 aliphatic heterocycles. The third kappa shape index (κ3) is 0.673. The van der Waals surface area contributed by atoms with Crippen LogP contribution in [0.2, 0.25) is 0 Å². The molecule has 1 nitrogen and oxygen atoms in total. The maximum Gasteiger partial charge on any atom is 0.0303 e. The third-order valence-corrected chi connectivity index (χ3v) is 2.55. The highest BCUT2D eigenvalue weighted by Gasteiger charge is 2.30. The van der Waals surface area contributed by atoms with Crippen molar-refractivity contribution < 1.29 is 0 Å². The van der Waals surface area contributed by atoms with E-state index in [2.05, 4.69) is 11.5 Å². The summed E-state index contributed by atoms with van der Waals surface area (Å²) in [5, 5.41) is 0. The number of piperidine rings is 1. The summed E-state index contributed by atoms with van der Waals surface area (Å²) in [5.74, 6) is 0. The Balaban J connectivity index is 2.06. The highest BCUT2D eigenvalue weighted by atomic mass is 15.2. The van der Waals surface area contributed by atoms with E-state index in [-0.39, 0.29) is 0 Å². The van der Waals surface area contributed by atoms with Gasteiger partial charge in [0.1, 0.15) is 0 Å². The minimum Gasteiger partial charge on any atom is -0.372 e. The summed E-state index contributed by atoms with van der Waals surface area (Å²) in [7, 11) is 0. The second-order valence-electron chi connectivity index (χ2n) is 3.09. The molecule has 0 spiro atoms. The summed E-state index contributed by atoms with van der Waals surface area (Å²) in [6.45, 7) is 5.30. The molecule has 0 amide bonds. The van der Waals surface area contributed by atoms with Crippen molar-refractivity contribution >= 4 is 0 Å². The van der Waals surface area contributed by atoms with E-state index in [0.717, 1.165) is 6.04 Å². The summed E-state index contributed by atoms with van der Waals surface area (Å²) in [6, 6.07) is 0.895. The third-order valence-electron chi connectivity index (χ3n) is 2.55. The second kappa shape index (κ2) is 1.76. The molecule has 9 heavy (non-hydrogen) atoms. The van der Waals surface area contributed by atoms with Gasteiger partial charge in [-0.15, -0.1) is 0 Å². The van der Waals surface area contributed by atoms with E-state index in [9.17, 15) is 0 Å². The minimum atomic E-state index is 0.895. The van der Waals surface area contributed by atoms with Crippen molar-refractivity contribution in [1.82, 2.24) is 4.90 Å². The molecule has 2 heterocycles. The molecule has 0 aromatic rings. The van der Waals surface area contributed by atoms with Crippen LogP contribution in [0.15, 0.2) is 12.3 Å². The van der Waals surface area contributed by atoms with Crippen molar-refractivity contribution in [3.8, 4) is 0 Å². The quantitative estimate of drug-likeness (QED) is 0.474. The Morgan fingerprint density at radius 2 is 2.33 bits per heavy atom. The van der Waals surface area contributed by atoms with Crippen LogP contribution >= 0.6 is 0 Å². The molecule has 0 N–H and O–H groups in total. The van der Waals surface area contributed by atoms with Gasteiger partial charge >= 0.3 is 0 Å². The first kappa shape index (κ1) is 5.33. The number of fused-ring (bicyclic) bond motifs is 1. The Morgan fingerprint density at radius 3 is 2.78 bits per heavy atom. The topological polar surface area (TPSA) is 3.24 Å². The smallest absolute Gasteiger partial charge is 0.0303 e. The maximum atomic E-state index is 4.02. The predicted octanol–water partition coefficient (Wildman–Crippen LogP) is 1.76. The molecule has 1 heteroatoms. The average Bonchev–Trinajstić information content (AvgIpc) is 1.74. The van der Waals surface area contributed by atoms with Gasteiger partial charge < -0.3 is 4.90 Å². The Morgan fingerprint density at radius 1 is 1.44 bits per heavy atom. The Labute approximate surface area is 56.4 Å². The Bertz CT molecular complexity index is 140. The van der Waals surface area contributed by atoms with E-state index < -0.39 is 0 Å². The average molecular weight is 123 g/mol. The number of rotatable bonds is 0. The van der Waals surface area contributed by atoms with Crippen LogP contribution in [0.3, 0.4) is 0 Å². The van der Waals surface area contributed by atoms with E-state index in [1.54, 1.807) is 0 Å². The number of hydrogen-bond acceptors (Lipinski definition) is 1. The van der Waals surface area contributed by atoms with E-state index in [4.69, 9.17) is 0 Å². The van der Waals surface area contributed by atoms with Crippen molar-refractivity contribution in [3.05, 3.63) is 12.3 Å². The normalized spacial score (nSPS) is 33.6. The van der Waals surface area contributed by atoms with Gasteiger partial charge in [0.15, 0.2) is 0 Å². The fourth-order valence-electron chi connectivity index (χ4n) is 1.84. The first-order valence-corrected chi connectivity index (χ1v) is 3.82. The first-order valence-electron chi connectivity index (χ1n) is 3.82. The van der Waals surface area contributed by atoms with Crippen LogP contribution < -0.4 is 0 Å². The molecule has 0 radical (unpaired) electrons. The summed E-state index contributed by atoms with van der Waals surface area (Å²) >= 11 is 0. The molecule has 2 rings (SSSR count). The molecule has 1 unspecified atom stereocenters. The lowest BCUT2D eigenvalue weighted by atomic mass is 9.91. The number of nitrogens with zero attached hydrogens (tertiary/aromatic N) is 1. The molecule has 1 atom stereocenters. The van der Waals surface area contributed by atoms with Crippen molar-refractivity contribution in [1.29, 1.82) is 0 Å². The Kier molecular flexibility index (Phi) is 1.04. The molecular formula is C8H13N. The maximum absolute atomic E-state index is 4.02. The van der Waals surface area contributed by atoms with E-state index in [1.165, 1.54) is 37.9 Å². The van der Waals surface area contributed by atoms with Gasteiger partial charge in [-0.1, -0.05) is 6.58 Å². The molecule has 0 aromatic heterocycles. The van der Waals surface area contributed by atoms with Crippen LogP contribution in [0.1, 0.15) is 25.7 Å². The van der Waals surface area contributed by atoms with Gasteiger partial charge in [-0.2, -0.15) is 0 Å². The highest BCUT2D eigenvalue weighted by Crippen LogP contribution is 2.33. The van der Waals surface area contributed by atoms with Crippen molar-refractivity contribution in [3.63, 3.8) is 0 Å². The van der Waals surface area contributed by atoms with Crippen LogP contribution in [0.5, 0.6) is 0 Å². The van der Waals surface area contributed by atoms with Crippen LogP contribution in [0, 0.1) is 0 Å². The Hall–Kier alpha value is -0.460. The predicted molar refractivity (Wildman–Crippen MR) is 38.1 cm³/mol.